The van der Waals surface area contributed by atoms with Gasteiger partial charge < -0.3 is 30.8 Å². The number of anilines is 1. The number of aliphatic hydroxyl groups excluding tert-OH is 3. The first kappa shape index (κ1) is 13.4. The number of hydrogen-bond acceptors (Lipinski definition) is 8. The first-order valence-corrected chi connectivity index (χ1v) is 6.28. The summed E-state index contributed by atoms with van der Waals surface area (Å²) >= 11 is 5.16. The Morgan fingerprint density at radius 1 is 1.40 bits per heavy atom. The molecule has 9 nitrogen and oxygen atoms in total. The van der Waals surface area contributed by atoms with Crippen LogP contribution in [-0.4, -0.2) is 59.8 Å². The quantitative estimate of drug-likeness (QED) is 0.430. The largest absolute Gasteiger partial charge is 0.394 e. The summed E-state index contributed by atoms with van der Waals surface area (Å²) in [6.07, 6.45) is -3.04. The molecule has 3 heterocycles. The second kappa shape index (κ2) is 4.75. The molecule has 0 aliphatic carbocycles. The number of H-pyrrole nitrogens is 1. The topological polar surface area (TPSA) is 142 Å². The van der Waals surface area contributed by atoms with Crippen LogP contribution in [0.15, 0.2) is 6.33 Å². The van der Waals surface area contributed by atoms with Gasteiger partial charge in [-0.05, 0) is 12.2 Å². The lowest BCUT2D eigenvalue weighted by atomic mass is 10.1. The molecular weight excluding hydrogens is 286 g/mol. The van der Waals surface area contributed by atoms with Crippen LogP contribution >= 0.6 is 12.2 Å². The van der Waals surface area contributed by atoms with E-state index in [0.29, 0.717) is 11.2 Å². The lowest BCUT2D eigenvalue weighted by Gasteiger charge is -2.16. The number of imidazole rings is 1. The van der Waals surface area contributed by atoms with Gasteiger partial charge in [-0.15, -0.1) is 0 Å². The zero-order chi connectivity index (χ0) is 14.4. The second-order valence-electron chi connectivity index (χ2n) is 4.49. The number of ether oxygens (including phenoxy) is 1. The maximum atomic E-state index is 10.0. The maximum absolute atomic E-state index is 10.0. The summed E-state index contributed by atoms with van der Waals surface area (Å²) < 4.78 is 7.07. The van der Waals surface area contributed by atoms with Crippen molar-refractivity contribution in [3.05, 3.63) is 11.1 Å². The van der Waals surface area contributed by atoms with E-state index in [1.54, 1.807) is 0 Å². The van der Waals surface area contributed by atoms with E-state index in [4.69, 9.17) is 27.8 Å². The number of nitrogens with zero attached hydrogens (tertiary/aromatic N) is 3. The minimum atomic E-state index is -1.24. The summed E-state index contributed by atoms with van der Waals surface area (Å²) in [5.74, 6) is 0.214. The number of rotatable bonds is 2. The van der Waals surface area contributed by atoms with Gasteiger partial charge in [0.1, 0.15) is 30.2 Å². The number of aliphatic hydroxyl groups is 3. The Morgan fingerprint density at radius 2 is 2.15 bits per heavy atom. The van der Waals surface area contributed by atoms with Crippen LogP contribution in [-0.2, 0) is 4.74 Å². The van der Waals surface area contributed by atoms with Crippen molar-refractivity contribution in [3.8, 4) is 0 Å². The van der Waals surface area contributed by atoms with E-state index < -0.39 is 31.1 Å². The summed E-state index contributed by atoms with van der Waals surface area (Å²) in [4.78, 5) is 10.7. The third-order valence-electron chi connectivity index (χ3n) is 3.31. The molecule has 1 fully saturated rings. The highest BCUT2D eigenvalue weighted by atomic mass is 32.1. The normalized spacial score (nSPS) is 30.1. The molecule has 2 aromatic rings. The first-order chi connectivity index (χ1) is 9.54. The van der Waals surface area contributed by atoms with E-state index in [2.05, 4.69) is 15.0 Å². The van der Waals surface area contributed by atoms with E-state index in [0.717, 1.165) is 0 Å². The third-order valence-corrected chi connectivity index (χ3v) is 3.61. The van der Waals surface area contributed by atoms with E-state index in [1.165, 1.54) is 10.9 Å². The SMILES string of the molecule is Nc1ncnc2c1[nH]c(=S)n2[C@@H]1O[C@H](CO)[C@H](O)[C@H]1O. The summed E-state index contributed by atoms with van der Waals surface area (Å²) in [6, 6.07) is 0. The van der Waals surface area contributed by atoms with Gasteiger partial charge in [0.25, 0.3) is 0 Å². The fourth-order valence-corrected chi connectivity index (χ4v) is 2.58. The van der Waals surface area contributed by atoms with E-state index in [9.17, 15) is 10.2 Å². The van der Waals surface area contributed by atoms with Gasteiger partial charge in [0.2, 0.25) is 0 Å². The fourth-order valence-electron chi connectivity index (χ4n) is 2.28. The molecule has 20 heavy (non-hydrogen) atoms. The van der Waals surface area contributed by atoms with E-state index in [1.807, 2.05) is 0 Å². The van der Waals surface area contributed by atoms with Crippen LogP contribution in [0.3, 0.4) is 0 Å². The highest BCUT2D eigenvalue weighted by Gasteiger charge is 2.44. The average molecular weight is 299 g/mol. The van der Waals surface area contributed by atoms with Crippen LogP contribution < -0.4 is 5.73 Å². The molecule has 0 saturated carbocycles. The molecule has 0 spiro atoms. The molecule has 3 rings (SSSR count). The van der Waals surface area contributed by atoms with Gasteiger partial charge in [-0.2, -0.15) is 0 Å². The van der Waals surface area contributed by atoms with Gasteiger partial charge in [0.05, 0.1) is 6.61 Å². The predicted molar refractivity (Wildman–Crippen MR) is 70.1 cm³/mol. The molecule has 6 N–H and O–H groups in total. The van der Waals surface area contributed by atoms with Gasteiger partial charge in [-0.3, -0.25) is 4.57 Å². The Kier molecular flexibility index (Phi) is 3.18. The maximum Gasteiger partial charge on any atom is 0.181 e. The number of hydrogen-bond donors (Lipinski definition) is 5. The minimum Gasteiger partial charge on any atom is -0.394 e. The number of nitrogens with two attached hydrogens (primary N) is 1. The van der Waals surface area contributed by atoms with Crippen LogP contribution in [0.4, 0.5) is 5.82 Å². The molecule has 0 unspecified atom stereocenters. The van der Waals surface area contributed by atoms with Crippen LogP contribution in [0.25, 0.3) is 11.2 Å². The Balaban J connectivity index is 2.14. The highest BCUT2D eigenvalue weighted by molar-refractivity contribution is 7.71. The molecule has 1 aliphatic rings. The Hall–Kier alpha value is -1.59. The number of fused-ring (bicyclic) bond motifs is 1. The minimum absolute atomic E-state index is 0.214. The lowest BCUT2D eigenvalue weighted by Crippen LogP contribution is -2.33. The van der Waals surface area contributed by atoms with Gasteiger partial charge in [0, 0.05) is 0 Å². The monoisotopic (exact) mass is 299 g/mol. The zero-order valence-corrected chi connectivity index (χ0v) is 11.0. The fraction of sp³-hybridized carbons (Fsp3) is 0.500. The first-order valence-electron chi connectivity index (χ1n) is 5.87. The summed E-state index contributed by atoms with van der Waals surface area (Å²) in [5, 5.41) is 28.9. The van der Waals surface area contributed by atoms with E-state index in [-0.39, 0.29) is 10.6 Å². The van der Waals surface area contributed by atoms with E-state index >= 15 is 0 Å². The standard InChI is InChI=1S/C10H13N5O4S/c11-7-4-8(13-2-12-7)15(10(20)14-4)9-6(18)5(17)3(1-16)19-9/h2-3,5-6,9,16-18H,1H2,(H,14,20)(H2,11,12,13)/t3-,5+,6-,9-/m1/s1. The van der Waals surface area contributed by atoms with Gasteiger partial charge >= 0.3 is 0 Å². The molecule has 1 saturated heterocycles. The summed E-state index contributed by atoms with van der Waals surface area (Å²) in [7, 11) is 0. The summed E-state index contributed by atoms with van der Waals surface area (Å²) in [5.41, 5.74) is 6.50. The Labute approximate surface area is 117 Å². The Bertz CT molecular complexity index is 701. The summed E-state index contributed by atoms with van der Waals surface area (Å²) in [6.45, 7) is -0.415. The van der Waals surface area contributed by atoms with Crippen molar-refractivity contribution in [2.75, 3.05) is 12.3 Å². The molecule has 0 aromatic carbocycles. The van der Waals surface area contributed by atoms with Crippen LogP contribution in [0.5, 0.6) is 0 Å². The van der Waals surface area contributed by atoms with Crippen molar-refractivity contribution in [2.24, 2.45) is 0 Å². The van der Waals surface area contributed by atoms with Crippen molar-refractivity contribution < 1.29 is 20.1 Å². The van der Waals surface area contributed by atoms with Crippen molar-refractivity contribution in [1.29, 1.82) is 0 Å². The van der Waals surface area contributed by atoms with Gasteiger partial charge in [-0.1, -0.05) is 0 Å². The van der Waals surface area contributed by atoms with Crippen molar-refractivity contribution in [2.45, 2.75) is 24.5 Å². The second-order valence-corrected chi connectivity index (χ2v) is 4.87. The van der Waals surface area contributed by atoms with Gasteiger partial charge in [-0.25, -0.2) is 9.97 Å². The molecule has 2 aromatic heterocycles. The Morgan fingerprint density at radius 3 is 2.80 bits per heavy atom. The zero-order valence-electron chi connectivity index (χ0n) is 10.2. The third kappa shape index (κ3) is 1.81. The number of aromatic amines is 1. The van der Waals surface area contributed by atoms with Crippen LogP contribution in [0, 0.1) is 4.77 Å². The molecule has 0 bridgehead atoms. The van der Waals surface area contributed by atoms with Crippen molar-refractivity contribution in [1.82, 2.24) is 19.5 Å². The van der Waals surface area contributed by atoms with Crippen LogP contribution in [0.1, 0.15) is 6.23 Å². The molecule has 0 radical (unpaired) electrons. The number of nitrogen functional groups attached to an aromatic ring is 1. The number of aromatic nitrogens is 4. The molecule has 1 aliphatic heterocycles. The number of nitrogens with one attached hydrogen (secondary N) is 1. The average Bonchev–Trinajstić information content (AvgIpc) is 2.90. The molecule has 108 valence electrons. The van der Waals surface area contributed by atoms with Crippen LogP contribution in [0.2, 0.25) is 0 Å². The van der Waals surface area contributed by atoms with Gasteiger partial charge in [0.15, 0.2) is 22.5 Å². The molecule has 4 atom stereocenters. The van der Waals surface area contributed by atoms with Crippen molar-refractivity contribution in [3.63, 3.8) is 0 Å². The smallest absolute Gasteiger partial charge is 0.181 e. The lowest BCUT2D eigenvalue weighted by molar-refractivity contribution is -0.0517. The molecular formula is C10H13N5O4S. The molecule has 0 amide bonds. The molecule has 10 heteroatoms. The predicted octanol–water partition coefficient (Wildman–Crippen LogP) is -1.32. The highest BCUT2D eigenvalue weighted by Crippen LogP contribution is 2.32. The van der Waals surface area contributed by atoms with Crippen molar-refractivity contribution >= 4 is 29.2 Å².